The summed E-state index contributed by atoms with van der Waals surface area (Å²) in [5.41, 5.74) is 5.82. The van der Waals surface area contributed by atoms with Crippen LogP contribution in [0.2, 0.25) is 0 Å². The van der Waals surface area contributed by atoms with Gasteiger partial charge in [-0.3, -0.25) is 9.69 Å². The van der Waals surface area contributed by atoms with Gasteiger partial charge in [-0.15, -0.1) is 0 Å². The molecule has 16 heavy (non-hydrogen) atoms. The van der Waals surface area contributed by atoms with Gasteiger partial charge in [0.1, 0.15) is 0 Å². The molecule has 1 aliphatic heterocycles. The number of carbonyl (C=O) groups is 1. The van der Waals surface area contributed by atoms with E-state index in [4.69, 9.17) is 10.5 Å². The Hall–Kier alpha value is -0.910. The van der Waals surface area contributed by atoms with Crippen molar-refractivity contribution in [3.05, 3.63) is 12.3 Å². The molecule has 1 rings (SSSR count). The van der Waals surface area contributed by atoms with Crippen LogP contribution in [0.15, 0.2) is 12.3 Å². The van der Waals surface area contributed by atoms with Crippen LogP contribution in [0.5, 0.6) is 0 Å². The van der Waals surface area contributed by atoms with Gasteiger partial charge >= 0.3 is 0 Å². The molecule has 1 saturated heterocycles. The Bertz CT molecular complexity index is 225. The average Bonchev–Trinajstić information content (AvgIpc) is 2.31. The van der Waals surface area contributed by atoms with E-state index in [0.717, 1.165) is 32.3 Å². The molecule has 0 bridgehead atoms. The average molecular weight is 227 g/mol. The van der Waals surface area contributed by atoms with Crippen molar-refractivity contribution in [2.75, 3.05) is 33.5 Å². The summed E-state index contributed by atoms with van der Waals surface area (Å²) in [5.74, 6) is 0. The number of likely N-dealkylation sites (tertiary alicyclic amines) is 1. The van der Waals surface area contributed by atoms with Crippen molar-refractivity contribution >= 4 is 6.41 Å². The standard InChI is InChI=1S/C11H21N3O2/c1-16-8-2-5-14(10-15)9-13-6-3-11(12)4-7-13/h2,5,10-11H,3-4,6-9,12H2,1H3/b5-2+. The highest BCUT2D eigenvalue weighted by atomic mass is 16.5. The second-order valence-electron chi connectivity index (χ2n) is 4.06. The minimum absolute atomic E-state index is 0.324. The predicted octanol–water partition coefficient (Wildman–Crippen LogP) is -0.0145. The molecule has 0 spiro atoms. The highest BCUT2D eigenvalue weighted by Crippen LogP contribution is 2.08. The van der Waals surface area contributed by atoms with Crippen molar-refractivity contribution in [2.45, 2.75) is 18.9 Å². The van der Waals surface area contributed by atoms with Gasteiger partial charge in [0.25, 0.3) is 0 Å². The van der Waals surface area contributed by atoms with E-state index < -0.39 is 0 Å². The van der Waals surface area contributed by atoms with Crippen LogP contribution in [0.1, 0.15) is 12.8 Å². The van der Waals surface area contributed by atoms with Crippen molar-refractivity contribution in [1.29, 1.82) is 0 Å². The highest BCUT2D eigenvalue weighted by Gasteiger charge is 2.16. The van der Waals surface area contributed by atoms with Crippen LogP contribution in [0.25, 0.3) is 0 Å². The second-order valence-corrected chi connectivity index (χ2v) is 4.06. The normalized spacial score (nSPS) is 19.1. The number of rotatable bonds is 6. The molecule has 92 valence electrons. The third kappa shape index (κ3) is 4.74. The molecular formula is C11H21N3O2. The zero-order valence-electron chi connectivity index (χ0n) is 9.84. The molecule has 0 aromatic carbocycles. The second kappa shape index (κ2) is 7.38. The summed E-state index contributed by atoms with van der Waals surface area (Å²) in [4.78, 5) is 14.7. The number of hydrogen-bond acceptors (Lipinski definition) is 4. The Balaban J connectivity index is 2.29. The van der Waals surface area contributed by atoms with Crippen LogP contribution in [-0.4, -0.2) is 55.7 Å². The molecule has 5 nitrogen and oxygen atoms in total. The fraction of sp³-hybridized carbons (Fsp3) is 0.727. The maximum Gasteiger partial charge on any atom is 0.214 e. The summed E-state index contributed by atoms with van der Waals surface area (Å²) in [7, 11) is 1.63. The number of piperidine rings is 1. The van der Waals surface area contributed by atoms with E-state index in [1.165, 1.54) is 0 Å². The Kier molecular flexibility index (Phi) is 6.07. The Morgan fingerprint density at radius 2 is 2.19 bits per heavy atom. The van der Waals surface area contributed by atoms with Gasteiger partial charge in [0.15, 0.2) is 0 Å². The lowest BCUT2D eigenvalue weighted by Crippen LogP contribution is -2.43. The Morgan fingerprint density at radius 3 is 2.75 bits per heavy atom. The summed E-state index contributed by atoms with van der Waals surface area (Å²) < 4.78 is 4.88. The van der Waals surface area contributed by atoms with Crippen LogP contribution < -0.4 is 5.73 Å². The molecule has 0 saturated carbocycles. The molecule has 0 atom stereocenters. The third-order valence-electron chi connectivity index (χ3n) is 2.69. The molecule has 1 fully saturated rings. The summed E-state index contributed by atoms with van der Waals surface area (Å²) in [6, 6.07) is 0.324. The molecular weight excluding hydrogens is 206 g/mol. The summed E-state index contributed by atoms with van der Waals surface area (Å²) in [5, 5.41) is 0. The van der Waals surface area contributed by atoms with Crippen LogP contribution in [0, 0.1) is 0 Å². The van der Waals surface area contributed by atoms with Crippen molar-refractivity contribution in [1.82, 2.24) is 9.80 Å². The molecule has 1 aliphatic rings. The first-order valence-electron chi connectivity index (χ1n) is 5.61. The van der Waals surface area contributed by atoms with E-state index in [-0.39, 0.29) is 0 Å². The molecule has 0 aliphatic carbocycles. The lowest BCUT2D eigenvalue weighted by Gasteiger charge is -2.32. The number of amides is 1. The van der Waals surface area contributed by atoms with Crippen molar-refractivity contribution in [3.63, 3.8) is 0 Å². The minimum Gasteiger partial charge on any atom is -0.381 e. The number of hydrogen-bond donors (Lipinski definition) is 1. The van der Waals surface area contributed by atoms with Gasteiger partial charge in [0.2, 0.25) is 6.41 Å². The van der Waals surface area contributed by atoms with Gasteiger partial charge in [0.05, 0.1) is 13.3 Å². The molecule has 1 amide bonds. The van der Waals surface area contributed by atoms with E-state index in [1.54, 1.807) is 18.2 Å². The molecule has 0 radical (unpaired) electrons. The number of methoxy groups -OCH3 is 1. The predicted molar refractivity (Wildman–Crippen MR) is 62.6 cm³/mol. The number of ether oxygens (including phenoxy) is 1. The third-order valence-corrected chi connectivity index (χ3v) is 2.69. The largest absolute Gasteiger partial charge is 0.381 e. The van der Waals surface area contributed by atoms with Gasteiger partial charge in [-0.1, -0.05) is 0 Å². The molecule has 2 N–H and O–H groups in total. The Labute approximate surface area is 96.8 Å². The monoisotopic (exact) mass is 227 g/mol. The lowest BCUT2D eigenvalue weighted by molar-refractivity contribution is -0.117. The number of nitrogens with zero attached hydrogens (tertiary/aromatic N) is 2. The van der Waals surface area contributed by atoms with Gasteiger partial charge in [0, 0.05) is 32.4 Å². The van der Waals surface area contributed by atoms with Crippen molar-refractivity contribution in [2.24, 2.45) is 5.73 Å². The summed E-state index contributed by atoms with van der Waals surface area (Å²) in [6.07, 6.45) is 6.43. The first-order valence-corrected chi connectivity index (χ1v) is 5.61. The first kappa shape index (κ1) is 13.2. The molecule has 5 heteroatoms. The van der Waals surface area contributed by atoms with Crippen molar-refractivity contribution in [3.8, 4) is 0 Å². The van der Waals surface area contributed by atoms with E-state index in [2.05, 4.69) is 4.90 Å². The van der Waals surface area contributed by atoms with Crippen molar-refractivity contribution < 1.29 is 9.53 Å². The molecule has 0 unspecified atom stereocenters. The number of nitrogens with two attached hydrogens (primary N) is 1. The smallest absolute Gasteiger partial charge is 0.214 e. The fourth-order valence-corrected chi connectivity index (χ4v) is 1.72. The maximum atomic E-state index is 10.8. The van der Waals surface area contributed by atoms with Crippen LogP contribution in [-0.2, 0) is 9.53 Å². The van der Waals surface area contributed by atoms with Crippen LogP contribution >= 0.6 is 0 Å². The molecule has 0 aromatic rings. The van der Waals surface area contributed by atoms with Gasteiger partial charge < -0.3 is 15.4 Å². The minimum atomic E-state index is 0.324. The molecule has 0 aromatic heterocycles. The topological polar surface area (TPSA) is 58.8 Å². The van der Waals surface area contributed by atoms with Gasteiger partial charge in [-0.05, 0) is 18.9 Å². The lowest BCUT2D eigenvalue weighted by atomic mass is 10.1. The van der Waals surface area contributed by atoms with E-state index in [9.17, 15) is 4.79 Å². The Morgan fingerprint density at radius 1 is 1.50 bits per heavy atom. The zero-order valence-corrected chi connectivity index (χ0v) is 9.84. The maximum absolute atomic E-state index is 10.8. The van der Waals surface area contributed by atoms with Gasteiger partial charge in [-0.2, -0.15) is 0 Å². The zero-order chi connectivity index (χ0) is 11.8. The summed E-state index contributed by atoms with van der Waals surface area (Å²) >= 11 is 0. The van der Waals surface area contributed by atoms with E-state index >= 15 is 0 Å². The van der Waals surface area contributed by atoms with Gasteiger partial charge in [-0.25, -0.2) is 0 Å². The van der Waals surface area contributed by atoms with Crippen LogP contribution in [0.3, 0.4) is 0 Å². The van der Waals surface area contributed by atoms with E-state index in [1.807, 2.05) is 6.08 Å². The molecule has 1 heterocycles. The number of carbonyl (C=O) groups excluding carboxylic acids is 1. The fourth-order valence-electron chi connectivity index (χ4n) is 1.72. The SMILES string of the molecule is COC/C=C/N(C=O)CN1CCC(N)CC1. The summed E-state index contributed by atoms with van der Waals surface area (Å²) in [6.45, 7) is 3.08. The van der Waals surface area contributed by atoms with Crippen LogP contribution in [0.4, 0.5) is 0 Å². The first-order chi connectivity index (χ1) is 7.76. The quantitative estimate of drug-likeness (QED) is 0.648. The van der Waals surface area contributed by atoms with E-state index in [0.29, 0.717) is 19.3 Å². The highest BCUT2D eigenvalue weighted by molar-refractivity contribution is 5.48.